The summed E-state index contributed by atoms with van der Waals surface area (Å²) in [4.78, 5) is 14.4. The van der Waals surface area contributed by atoms with Crippen LogP contribution in [0.1, 0.15) is 24.0 Å². The number of halogens is 2. The molecule has 2 aliphatic rings. The van der Waals surface area contributed by atoms with Gasteiger partial charge in [0.15, 0.2) is 0 Å². The lowest BCUT2D eigenvalue weighted by Crippen LogP contribution is -2.42. The molecule has 2 fully saturated rings. The van der Waals surface area contributed by atoms with E-state index in [1.54, 1.807) is 0 Å². The number of hydrogen-bond acceptors (Lipinski definition) is 3. The van der Waals surface area contributed by atoms with Gasteiger partial charge in [0.05, 0.1) is 12.0 Å². The summed E-state index contributed by atoms with van der Waals surface area (Å²) in [6.45, 7) is 2.64. The van der Waals surface area contributed by atoms with Crippen LogP contribution in [0.3, 0.4) is 0 Å². The Kier molecular flexibility index (Phi) is 3.52. The second kappa shape index (κ2) is 4.90. The zero-order valence-electron chi connectivity index (χ0n) is 10.6. The Morgan fingerprint density at radius 2 is 2.26 bits per heavy atom. The van der Waals surface area contributed by atoms with Crippen molar-refractivity contribution in [2.24, 2.45) is 5.92 Å². The largest absolute Gasteiger partial charge is 0.464 e. The number of rotatable bonds is 2. The van der Waals surface area contributed by atoms with Crippen LogP contribution in [0.15, 0.2) is 16.5 Å². The van der Waals surface area contributed by atoms with Crippen LogP contribution in [0.25, 0.3) is 0 Å². The maximum absolute atomic E-state index is 12.5. The Morgan fingerprint density at radius 1 is 1.53 bits per heavy atom. The quantitative estimate of drug-likeness (QED) is 0.783. The lowest BCUT2D eigenvalue weighted by atomic mass is 10.2. The number of thioether (sulfide) groups is 1. The van der Waals surface area contributed by atoms with E-state index >= 15 is 0 Å². The molecule has 3 rings (SSSR count). The van der Waals surface area contributed by atoms with E-state index in [2.05, 4.69) is 0 Å². The molecule has 0 N–H and O–H groups in total. The molecule has 2 heterocycles. The van der Waals surface area contributed by atoms with Crippen molar-refractivity contribution in [3.63, 3.8) is 0 Å². The van der Waals surface area contributed by atoms with Crippen LogP contribution in [-0.2, 0) is 4.79 Å². The molecule has 6 heteroatoms. The molecule has 0 radical (unpaired) electrons. The summed E-state index contributed by atoms with van der Waals surface area (Å²) in [5.74, 6) is 3.35. The van der Waals surface area contributed by atoms with E-state index in [4.69, 9.17) is 27.6 Å². The Morgan fingerprint density at radius 3 is 2.84 bits per heavy atom. The number of carbonyl (C=O) groups is 1. The highest BCUT2D eigenvalue weighted by molar-refractivity contribution is 7.99. The van der Waals surface area contributed by atoms with Crippen LogP contribution in [-0.4, -0.2) is 33.2 Å². The smallest absolute Gasteiger partial charge is 0.229 e. The fourth-order valence-corrected chi connectivity index (χ4v) is 3.97. The minimum absolute atomic E-state index is 0.00434. The zero-order valence-corrected chi connectivity index (χ0v) is 12.9. The highest BCUT2D eigenvalue weighted by Gasteiger charge is 2.58. The second-order valence-electron chi connectivity index (χ2n) is 5.09. The van der Waals surface area contributed by atoms with Gasteiger partial charge in [-0.1, -0.05) is 0 Å². The van der Waals surface area contributed by atoms with Gasteiger partial charge in [0.2, 0.25) is 5.91 Å². The van der Waals surface area contributed by atoms with E-state index < -0.39 is 4.33 Å². The van der Waals surface area contributed by atoms with Gasteiger partial charge in [-0.2, -0.15) is 11.8 Å². The number of furan rings is 1. The maximum Gasteiger partial charge on any atom is 0.229 e. The molecule has 0 bridgehead atoms. The summed E-state index contributed by atoms with van der Waals surface area (Å²) >= 11 is 13.9. The topological polar surface area (TPSA) is 33.5 Å². The average Bonchev–Trinajstić information content (AvgIpc) is 2.82. The molecule has 0 aromatic carbocycles. The summed E-state index contributed by atoms with van der Waals surface area (Å²) in [7, 11) is 0. The predicted molar refractivity (Wildman–Crippen MR) is 77.8 cm³/mol. The van der Waals surface area contributed by atoms with Gasteiger partial charge >= 0.3 is 0 Å². The van der Waals surface area contributed by atoms with E-state index in [1.165, 1.54) is 0 Å². The third-order valence-electron chi connectivity index (χ3n) is 3.63. The second-order valence-corrected chi connectivity index (χ2v) is 7.78. The predicted octanol–water partition coefficient (Wildman–Crippen LogP) is 3.40. The lowest BCUT2D eigenvalue weighted by molar-refractivity contribution is -0.134. The molecule has 0 unspecified atom stereocenters. The first-order valence-corrected chi connectivity index (χ1v) is 8.22. The molecule has 3 nitrogen and oxygen atoms in total. The van der Waals surface area contributed by atoms with Gasteiger partial charge in [-0.15, -0.1) is 23.2 Å². The van der Waals surface area contributed by atoms with E-state index in [0.717, 1.165) is 29.6 Å². The van der Waals surface area contributed by atoms with E-state index in [0.29, 0.717) is 6.42 Å². The fourth-order valence-electron chi connectivity index (χ4n) is 2.42. The molecule has 1 aromatic heterocycles. The number of hydrogen-bond donors (Lipinski definition) is 0. The molecule has 2 atom stereocenters. The van der Waals surface area contributed by atoms with Crippen molar-refractivity contribution in [3.8, 4) is 0 Å². The van der Waals surface area contributed by atoms with Gasteiger partial charge < -0.3 is 9.32 Å². The van der Waals surface area contributed by atoms with Crippen molar-refractivity contribution in [2.45, 2.75) is 23.7 Å². The zero-order chi connectivity index (χ0) is 13.6. The van der Waals surface area contributed by atoms with Crippen LogP contribution in [0.5, 0.6) is 0 Å². The monoisotopic (exact) mass is 319 g/mol. The molecule has 1 saturated heterocycles. The SMILES string of the molecule is Cc1ccc([C@H]2CSCCN2C(=O)[C@@H]2CC2(Cl)Cl)o1. The Labute approximate surface area is 126 Å². The van der Waals surface area contributed by atoms with Gasteiger partial charge in [0, 0.05) is 18.1 Å². The summed E-state index contributed by atoms with van der Waals surface area (Å²) in [5, 5.41) is 0. The van der Waals surface area contributed by atoms with Gasteiger partial charge in [-0.3, -0.25) is 4.79 Å². The Balaban J connectivity index is 1.80. The molecule has 1 aliphatic carbocycles. The Hall–Kier alpha value is -0.320. The van der Waals surface area contributed by atoms with Crippen molar-refractivity contribution in [1.82, 2.24) is 4.90 Å². The van der Waals surface area contributed by atoms with Crippen LogP contribution in [0.2, 0.25) is 0 Å². The first-order chi connectivity index (χ1) is 8.99. The lowest BCUT2D eigenvalue weighted by Gasteiger charge is -2.34. The van der Waals surface area contributed by atoms with Crippen LogP contribution in [0, 0.1) is 12.8 Å². The van der Waals surface area contributed by atoms with E-state index in [9.17, 15) is 4.79 Å². The number of amides is 1. The molecule has 104 valence electrons. The highest BCUT2D eigenvalue weighted by Crippen LogP contribution is 2.54. The number of carbonyl (C=O) groups excluding carboxylic acids is 1. The molecular weight excluding hydrogens is 305 g/mol. The number of aryl methyl sites for hydroxylation is 1. The van der Waals surface area contributed by atoms with Crippen molar-refractivity contribution in [1.29, 1.82) is 0 Å². The highest BCUT2D eigenvalue weighted by atomic mass is 35.5. The average molecular weight is 320 g/mol. The standard InChI is InChI=1S/C13H15Cl2NO2S/c1-8-2-3-11(18-8)10-7-19-5-4-16(10)12(17)9-6-13(9,14)15/h2-3,9-10H,4-7H2,1H3/t9-,10+/m0/s1. The summed E-state index contributed by atoms with van der Waals surface area (Å²) in [5.41, 5.74) is 0. The van der Waals surface area contributed by atoms with Gasteiger partial charge in [-0.05, 0) is 25.5 Å². The van der Waals surface area contributed by atoms with Gasteiger partial charge in [-0.25, -0.2) is 0 Å². The molecule has 0 spiro atoms. The van der Waals surface area contributed by atoms with Crippen LogP contribution >= 0.6 is 35.0 Å². The molecule has 1 amide bonds. The van der Waals surface area contributed by atoms with Crippen LogP contribution in [0.4, 0.5) is 0 Å². The minimum atomic E-state index is -0.856. The number of alkyl halides is 2. The normalized spacial score (nSPS) is 29.3. The van der Waals surface area contributed by atoms with E-state index in [1.807, 2.05) is 35.7 Å². The van der Waals surface area contributed by atoms with Crippen molar-refractivity contribution < 1.29 is 9.21 Å². The first kappa shape index (κ1) is 13.7. The summed E-state index contributed by atoms with van der Waals surface area (Å²) in [6, 6.07) is 3.89. The third kappa shape index (κ3) is 2.63. The fraction of sp³-hybridized carbons (Fsp3) is 0.615. The van der Waals surface area contributed by atoms with Crippen molar-refractivity contribution >= 4 is 40.9 Å². The molecule has 1 aliphatic heterocycles. The van der Waals surface area contributed by atoms with E-state index in [-0.39, 0.29) is 17.9 Å². The summed E-state index contributed by atoms with van der Waals surface area (Å²) in [6.07, 6.45) is 0.558. The Bertz CT molecular complexity index is 503. The minimum Gasteiger partial charge on any atom is -0.464 e. The molecule has 19 heavy (non-hydrogen) atoms. The first-order valence-electron chi connectivity index (χ1n) is 6.31. The van der Waals surface area contributed by atoms with Crippen molar-refractivity contribution in [2.75, 3.05) is 18.1 Å². The maximum atomic E-state index is 12.5. The van der Waals surface area contributed by atoms with Crippen LogP contribution < -0.4 is 0 Å². The van der Waals surface area contributed by atoms with Gasteiger partial charge in [0.1, 0.15) is 15.9 Å². The number of nitrogens with zero attached hydrogens (tertiary/aromatic N) is 1. The summed E-state index contributed by atoms with van der Waals surface area (Å²) < 4.78 is 4.83. The molecule has 1 aromatic rings. The third-order valence-corrected chi connectivity index (χ3v) is 5.48. The molecular formula is C13H15Cl2NO2S. The van der Waals surface area contributed by atoms with Gasteiger partial charge in [0.25, 0.3) is 0 Å². The van der Waals surface area contributed by atoms with Crippen molar-refractivity contribution in [3.05, 3.63) is 23.7 Å². The molecule has 1 saturated carbocycles.